The van der Waals surface area contributed by atoms with Crippen molar-refractivity contribution in [2.24, 2.45) is 11.7 Å². The Kier molecular flexibility index (Phi) is 3.93. The molecule has 1 aliphatic rings. The lowest BCUT2D eigenvalue weighted by Gasteiger charge is -2.28. The van der Waals surface area contributed by atoms with E-state index in [9.17, 15) is 4.79 Å². The van der Waals surface area contributed by atoms with Crippen LogP contribution in [0.2, 0.25) is 0 Å². The molecule has 0 saturated heterocycles. The molecule has 0 aliphatic heterocycles. The molecule has 0 aromatic carbocycles. The van der Waals surface area contributed by atoms with Gasteiger partial charge in [0.15, 0.2) is 0 Å². The number of rotatable bonds is 3. The number of hydrogen-bond acceptors (Lipinski definition) is 2. The lowest BCUT2D eigenvalue weighted by atomic mass is 10.1. The van der Waals surface area contributed by atoms with E-state index in [0.29, 0.717) is 11.9 Å². The fraction of sp³-hybridized carbons (Fsp3) is 0.909. The Balaban J connectivity index is 2.55. The Morgan fingerprint density at radius 3 is 2.50 bits per heavy atom. The van der Waals surface area contributed by atoms with Gasteiger partial charge in [0.05, 0.1) is 0 Å². The maximum Gasteiger partial charge on any atom is 0.225 e. The van der Waals surface area contributed by atoms with Crippen LogP contribution in [0.25, 0.3) is 0 Å². The number of nitrogens with two attached hydrogens (primary N) is 1. The smallest absolute Gasteiger partial charge is 0.225 e. The molecule has 1 saturated carbocycles. The molecule has 2 N–H and O–H groups in total. The fourth-order valence-electron chi connectivity index (χ4n) is 2.25. The van der Waals surface area contributed by atoms with Crippen LogP contribution in [0.15, 0.2) is 0 Å². The molecule has 82 valence electrons. The molecule has 0 aromatic heterocycles. The molecule has 0 aromatic rings. The predicted molar refractivity (Wildman–Crippen MR) is 57.8 cm³/mol. The lowest BCUT2D eigenvalue weighted by Crippen LogP contribution is -2.40. The van der Waals surface area contributed by atoms with Crippen molar-refractivity contribution in [3.63, 3.8) is 0 Å². The van der Waals surface area contributed by atoms with Crippen LogP contribution in [0, 0.1) is 5.92 Å². The summed E-state index contributed by atoms with van der Waals surface area (Å²) in [5.41, 5.74) is 5.81. The van der Waals surface area contributed by atoms with Crippen molar-refractivity contribution in [1.29, 1.82) is 0 Å². The summed E-state index contributed by atoms with van der Waals surface area (Å²) in [4.78, 5) is 14.0. The molecule has 0 spiro atoms. The highest BCUT2D eigenvalue weighted by Gasteiger charge is 2.31. The van der Waals surface area contributed by atoms with Gasteiger partial charge in [-0.15, -0.1) is 0 Å². The minimum atomic E-state index is 0.187. The van der Waals surface area contributed by atoms with Crippen molar-refractivity contribution in [2.45, 2.75) is 52.1 Å². The van der Waals surface area contributed by atoms with Crippen LogP contribution in [0.4, 0.5) is 0 Å². The van der Waals surface area contributed by atoms with Crippen molar-refractivity contribution < 1.29 is 4.79 Å². The van der Waals surface area contributed by atoms with Crippen LogP contribution >= 0.6 is 0 Å². The molecule has 1 fully saturated rings. The van der Waals surface area contributed by atoms with Crippen LogP contribution in [0.5, 0.6) is 0 Å². The van der Waals surface area contributed by atoms with Crippen molar-refractivity contribution >= 4 is 5.91 Å². The summed E-state index contributed by atoms with van der Waals surface area (Å²) in [5, 5.41) is 0. The molecule has 1 rings (SSSR count). The maximum absolute atomic E-state index is 12.0. The second-order valence-corrected chi connectivity index (χ2v) is 4.49. The highest BCUT2D eigenvalue weighted by atomic mass is 16.2. The standard InChI is InChI=1S/C11H22N2O/c1-4-13(8(2)3)11(14)9-5-6-10(12)7-9/h8-10H,4-7,12H2,1-3H3/t9-,10-/m1/s1. The first-order valence-electron chi connectivity index (χ1n) is 5.62. The number of carbonyl (C=O) groups is 1. The van der Waals surface area contributed by atoms with Crippen LogP contribution in [0.1, 0.15) is 40.0 Å². The van der Waals surface area contributed by atoms with Gasteiger partial charge in [0.2, 0.25) is 5.91 Å². The van der Waals surface area contributed by atoms with Crippen molar-refractivity contribution in [2.75, 3.05) is 6.54 Å². The molecular formula is C11H22N2O. The van der Waals surface area contributed by atoms with E-state index in [1.807, 2.05) is 11.8 Å². The van der Waals surface area contributed by atoms with Gasteiger partial charge < -0.3 is 10.6 Å². The maximum atomic E-state index is 12.0. The van der Waals surface area contributed by atoms with Gasteiger partial charge in [0.1, 0.15) is 0 Å². The number of carbonyl (C=O) groups excluding carboxylic acids is 1. The Hall–Kier alpha value is -0.570. The van der Waals surface area contributed by atoms with Gasteiger partial charge in [-0.05, 0) is 40.0 Å². The Morgan fingerprint density at radius 1 is 1.50 bits per heavy atom. The van der Waals surface area contributed by atoms with E-state index in [0.717, 1.165) is 25.8 Å². The van der Waals surface area contributed by atoms with E-state index in [1.54, 1.807) is 0 Å². The largest absolute Gasteiger partial charge is 0.340 e. The van der Waals surface area contributed by atoms with Crippen LogP contribution in [0.3, 0.4) is 0 Å². The molecule has 1 aliphatic carbocycles. The third kappa shape index (κ3) is 2.47. The normalized spacial score (nSPS) is 26.9. The monoisotopic (exact) mass is 198 g/mol. The predicted octanol–water partition coefficient (Wildman–Crippen LogP) is 1.37. The van der Waals surface area contributed by atoms with Gasteiger partial charge >= 0.3 is 0 Å². The van der Waals surface area contributed by atoms with Crippen molar-refractivity contribution in [3.8, 4) is 0 Å². The summed E-state index contributed by atoms with van der Waals surface area (Å²) in [5.74, 6) is 0.489. The first kappa shape index (κ1) is 11.5. The summed E-state index contributed by atoms with van der Waals surface area (Å²) in [6, 6.07) is 0.555. The van der Waals surface area contributed by atoms with E-state index in [2.05, 4.69) is 13.8 Å². The Morgan fingerprint density at radius 2 is 2.14 bits per heavy atom. The topological polar surface area (TPSA) is 46.3 Å². The second-order valence-electron chi connectivity index (χ2n) is 4.49. The molecule has 0 unspecified atom stereocenters. The molecule has 1 amide bonds. The second kappa shape index (κ2) is 4.78. The van der Waals surface area contributed by atoms with Crippen LogP contribution in [-0.4, -0.2) is 29.4 Å². The molecule has 14 heavy (non-hydrogen) atoms. The Bertz CT molecular complexity index is 203. The first-order chi connectivity index (χ1) is 6.56. The minimum absolute atomic E-state index is 0.187. The quantitative estimate of drug-likeness (QED) is 0.744. The summed E-state index contributed by atoms with van der Waals surface area (Å²) in [6.45, 7) is 6.97. The van der Waals surface area contributed by atoms with Crippen molar-refractivity contribution in [3.05, 3.63) is 0 Å². The summed E-state index contributed by atoms with van der Waals surface area (Å²) < 4.78 is 0. The summed E-state index contributed by atoms with van der Waals surface area (Å²) >= 11 is 0. The van der Waals surface area contributed by atoms with Gasteiger partial charge in [-0.25, -0.2) is 0 Å². The third-order valence-electron chi connectivity index (χ3n) is 3.07. The van der Waals surface area contributed by atoms with Crippen LogP contribution in [-0.2, 0) is 4.79 Å². The van der Waals surface area contributed by atoms with E-state index >= 15 is 0 Å². The van der Waals surface area contributed by atoms with E-state index in [1.165, 1.54) is 0 Å². The first-order valence-corrected chi connectivity index (χ1v) is 5.62. The average molecular weight is 198 g/mol. The van der Waals surface area contributed by atoms with E-state index < -0.39 is 0 Å². The minimum Gasteiger partial charge on any atom is -0.340 e. The molecular weight excluding hydrogens is 176 g/mol. The summed E-state index contributed by atoms with van der Waals surface area (Å²) in [7, 11) is 0. The fourth-order valence-corrected chi connectivity index (χ4v) is 2.25. The number of hydrogen-bond donors (Lipinski definition) is 1. The molecule has 2 atom stereocenters. The number of amides is 1. The van der Waals surface area contributed by atoms with Crippen LogP contribution < -0.4 is 5.73 Å². The highest BCUT2D eigenvalue weighted by molar-refractivity contribution is 5.79. The van der Waals surface area contributed by atoms with E-state index in [4.69, 9.17) is 5.73 Å². The van der Waals surface area contributed by atoms with Gasteiger partial charge in [0.25, 0.3) is 0 Å². The van der Waals surface area contributed by atoms with Gasteiger partial charge in [-0.3, -0.25) is 4.79 Å². The molecule has 0 radical (unpaired) electrons. The molecule has 3 nitrogen and oxygen atoms in total. The third-order valence-corrected chi connectivity index (χ3v) is 3.07. The SMILES string of the molecule is CCN(C(=O)[C@@H]1CC[C@@H](N)C1)C(C)C. The molecule has 3 heteroatoms. The Labute approximate surface area is 86.6 Å². The summed E-state index contributed by atoms with van der Waals surface area (Å²) in [6.07, 6.45) is 2.86. The zero-order chi connectivity index (χ0) is 10.7. The van der Waals surface area contributed by atoms with Crippen molar-refractivity contribution in [1.82, 2.24) is 4.90 Å². The zero-order valence-electron chi connectivity index (χ0n) is 9.49. The van der Waals surface area contributed by atoms with E-state index in [-0.39, 0.29) is 12.0 Å². The average Bonchev–Trinajstić information content (AvgIpc) is 2.52. The van der Waals surface area contributed by atoms with Gasteiger partial charge in [-0.1, -0.05) is 0 Å². The lowest BCUT2D eigenvalue weighted by molar-refractivity contribution is -0.136. The molecule has 0 bridgehead atoms. The highest BCUT2D eigenvalue weighted by Crippen LogP contribution is 2.26. The molecule has 0 heterocycles. The zero-order valence-corrected chi connectivity index (χ0v) is 9.49. The number of nitrogens with zero attached hydrogens (tertiary/aromatic N) is 1. The van der Waals surface area contributed by atoms with Gasteiger partial charge in [-0.2, -0.15) is 0 Å². The van der Waals surface area contributed by atoms with Gasteiger partial charge in [0, 0.05) is 24.5 Å².